The first-order chi connectivity index (χ1) is 11.1. The van der Waals surface area contributed by atoms with Crippen molar-refractivity contribution in [1.29, 1.82) is 0 Å². The molecule has 2 heterocycles. The van der Waals surface area contributed by atoms with Gasteiger partial charge < -0.3 is 15.0 Å². The van der Waals surface area contributed by atoms with Gasteiger partial charge in [-0.1, -0.05) is 0 Å². The van der Waals surface area contributed by atoms with E-state index in [0.29, 0.717) is 0 Å². The van der Waals surface area contributed by atoms with Gasteiger partial charge in [0, 0.05) is 37.5 Å². The van der Waals surface area contributed by atoms with Crippen LogP contribution in [0.1, 0.15) is 24.6 Å². The lowest BCUT2D eigenvalue weighted by atomic mass is 9.97. The second-order valence-electron chi connectivity index (χ2n) is 5.48. The summed E-state index contributed by atoms with van der Waals surface area (Å²) in [7, 11) is 1.46. The number of nitrogens with one attached hydrogen (secondary N) is 1. The van der Waals surface area contributed by atoms with Crippen molar-refractivity contribution in [1.82, 2.24) is 10.2 Å². The highest BCUT2D eigenvalue weighted by atomic mass is 127. The van der Waals surface area contributed by atoms with Crippen LogP contribution in [-0.4, -0.2) is 50.1 Å². The molecule has 0 bridgehead atoms. The maximum atomic E-state index is 11.6. The molecule has 1 aromatic rings. The van der Waals surface area contributed by atoms with Crippen molar-refractivity contribution in [3.05, 3.63) is 19.9 Å². The molecule has 1 aliphatic rings. The Morgan fingerprint density at radius 3 is 2.71 bits per heavy atom. The number of esters is 1. The Kier molecular flexibility index (Phi) is 10.5. The van der Waals surface area contributed by atoms with E-state index in [-0.39, 0.29) is 35.9 Å². The fraction of sp³-hybridized carbons (Fsp3) is 0.625. The van der Waals surface area contributed by atoms with Crippen LogP contribution in [0, 0.1) is 8.80 Å². The molecule has 1 aliphatic heterocycles. The number of guanidine groups is 1. The van der Waals surface area contributed by atoms with Crippen molar-refractivity contribution in [2.24, 2.45) is 10.9 Å². The Hall–Kier alpha value is -0.100. The second-order valence-corrected chi connectivity index (χ2v) is 8.54. The average molecular weight is 577 g/mol. The van der Waals surface area contributed by atoms with Crippen molar-refractivity contribution in [2.45, 2.75) is 26.2 Å². The Morgan fingerprint density at radius 1 is 1.46 bits per heavy atom. The molecule has 8 heteroatoms. The van der Waals surface area contributed by atoms with Gasteiger partial charge in [0.2, 0.25) is 0 Å². The Labute approximate surface area is 178 Å². The molecule has 0 aliphatic carbocycles. The summed E-state index contributed by atoms with van der Waals surface area (Å²) < 4.78 is 6.16. The van der Waals surface area contributed by atoms with Gasteiger partial charge in [0.15, 0.2) is 5.96 Å². The fourth-order valence-corrected chi connectivity index (χ4v) is 4.42. The molecule has 0 saturated carbocycles. The van der Waals surface area contributed by atoms with E-state index in [4.69, 9.17) is 9.73 Å². The van der Waals surface area contributed by atoms with Crippen molar-refractivity contribution >= 4 is 69.8 Å². The van der Waals surface area contributed by atoms with E-state index < -0.39 is 0 Å². The highest BCUT2D eigenvalue weighted by molar-refractivity contribution is 14.1. The number of carbonyl (C=O) groups is 1. The van der Waals surface area contributed by atoms with Gasteiger partial charge in [-0.3, -0.25) is 9.79 Å². The van der Waals surface area contributed by atoms with E-state index in [1.165, 1.54) is 14.9 Å². The van der Waals surface area contributed by atoms with E-state index in [1.807, 2.05) is 11.3 Å². The first-order valence-corrected chi connectivity index (χ1v) is 9.88. The van der Waals surface area contributed by atoms with Crippen LogP contribution < -0.4 is 5.32 Å². The molecule has 0 amide bonds. The summed E-state index contributed by atoms with van der Waals surface area (Å²) in [6.07, 6.45) is 2.64. The average Bonchev–Trinajstić information content (AvgIpc) is 2.99. The van der Waals surface area contributed by atoms with Crippen LogP contribution in [0.15, 0.2) is 17.1 Å². The molecule has 24 heavy (non-hydrogen) atoms. The fourth-order valence-electron chi connectivity index (χ4n) is 2.68. The van der Waals surface area contributed by atoms with Crippen molar-refractivity contribution in [3.8, 4) is 0 Å². The summed E-state index contributed by atoms with van der Waals surface area (Å²) in [5, 5.41) is 3.36. The third-order valence-electron chi connectivity index (χ3n) is 3.91. The number of carbonyl (C=O) groups excluding carboxylic acids is 1. The number of halogens is 2. The zero-order valence-corrected chi connectivity index (χ0v) is 19.4. The molecule has 0 radical (unpaired) electrons. The number of rotatable bonds is 5. The zero-order chi connectivity index (χ0) is 16.7. The number of piperidine rings is 1. The molecule has 0 atom stereocenters. The van der Waals surface area contributed by atoms with Crippen LogP contribution in [0.5, 0.6) is 0 Å². The van der Waals surface area contributed by atoms with Crippen LogP contribution >= 0.6 is 57.9 Å². The maximum Gasteiger partial charge on any atom is 0.308 e. The molecule has 0 aromatic carbocycles. The van der Waals surface area contributed by atoms with Crippen molar-refractivity contribution in [3.63, 3.8) is 0 Å². The third kappa shape index (κ3) is 6.66. The lowest BCUT2D eigenvalue weighted by Gasteiger charge is -2.33. The minimum Gasteiger partial charge on any atom is -0.469 e. The first kappa shape index (κ1) is 21.9. The molecule has 1 saturated heterocycles. The number of thiophene rings is 1. The number of nitrogens with zero attached hydrogens (tertiary/aromatic N) is 2. The molecule has 1 aromatic heterocycles. The van der Waals surface area contributed by atoms with Gasteiger partial charge in [-0.15, -0.1) is 35.3 Å². The largest absolute Gasteiger partial charge is 0.469 e. The summed E-state index contributed by atoms with van der Waals surface area (Å²) in [5.74, 6) is 0.910. The quantitative estimate of drug-likeness (QED) is 0.253. The van der Waals surface area contributed by atoms with E-state index in [2.05, 4.69) is 51.9 Å². The predicted octanol–water partition coefficient (Wildman–Crippen LogP) is 3.36. The monoisotopic (exact) mass is 577 g/mol. The molecular weight excluding hydrogens is 552 g/mol. The SMILES string of the molecule is CCNC(=NCCc1ccc(I)s1)N1CCC(C(=O)OC)CC1.I. The van der Waals surface area contributed by atoms with Gasteiger partial charge >= 0.3 is 5.97 Å². The maximum absolute atomic E-state index is 11.6. The molecule has 0 spiro atoms. The summed E-state index contributed by atoms with van der Waals surface area (Å²) >= 11 is 4.18. The normalized spacial score (nSPS) is 15.8. The topological polar surface area (TPSA) is 53.9 Å². The Balaban J connectivity index is 0.00000288. The van der Waals surface area contributed by atoms with Crippen molar-refractivity contribution in [2.75, 3.05) is 33.3 Å². The van der Waals surface area contributed by atoms with E-state index in [9.17, 15) is 4.79 Å². The molecular formula is C16H25I2N3O2S. The van der Waals surface area contributed by atoms with Gasteiger partial charge in [0.25, 0.3) is 0 Å². The summed E-state index contributed by atoms with van der Waals surface area (Å²) in [4.78, 5) is 20.0. The summed E-state index contributed by atoms with van der Waals surface area (Å²) in [5.41, 5.74) is 0. The van der Waals surface area contributed by atoms with Crippen molar-refractivity contribution < 1.29 is 9.53 Å². The first-order valence-electron chi connectivity index (χ1n) is 7.99. The Bertz CT molecular complexity index is 543. The number of ether oxygens (including phenoxy) is 1. The molecule has 136 valence electrons. The number of hydrogen-bond donors (Lipinski definition) is 1. The molecule has 0 unspecified atom stereocenters. The molecule has 2 rings (SSSR count). The third-order valence-corrected chi connectivity index (χ3v) is 5.87. The molecule has 1 fully saturated rings. The number of methoxy groups -OCH3 is 1. The summed E-state index contributed by atoms with van der Waals surface area (Å²) in [6.45, 7) is 5.42. The smallest absolute Gasteiger partial charge is 0.308 e. The van der Waals surface area contributed by atoms with E-state index >= 15 is 0 Å². The standard InChI is InChI=1S/C16H24IN3O2S.HI/c1-3-18-16(19-9-6-13-4-5-14(17)23-13)20-10-7-12(8-11-20)15(21)22-2;/h4-5,12H,3,6-11H2,1-2H3,(H,18,19);1H. The van der Waals surface area contributed by atoms with Crippen LogP contribution in [0.25, 0.3) is 0 Å². The van der Waals surface area contributed by atoms with E-state index in [1.54, 1.807) is 0 Å². The summed E-state index contributed by atoms with van der Waals surface area (Å²) in [6, 6.07) is 4.32. The highest BCUT2D eigenvalue weighted by Crippen LogP contribution is 2.20. The van der Waals surface area contributed by atoms with Crippen LogP contribution in [0.3, 0.4) is 0 Å². The van der Waals surface area contributed by atoms with E-state index in [0.717, 1.165) is 51.4 Å². The number of likely N-dealkylation sites (tertiary alicyclic amines) is 1. The van der Waals surface area contributed by atoms with Gasteiger partial charge in [-0.2, -0.15) is 0 Å². The Morgan fingerprint density at radius 2 is 2.17 bits per heavy atom. The van der Waals surface area contributed by atoms with Crippen LogP contribution in [-0.2, 0) is 16.0 Å². The second kappa shape index (κ2) is 11.5. The zero-order valence-electron chi connectivity index (χ0n) is 14.1. The van der Waals surface area contributed by atoms with Gasteiger partial charge in [-0.05, 0) is 54.5 Å². The van der Waals surface area contributed by atoms with Gasteiger partial charge in [0.1, 0.15) is 0 Å². The minimum atomic E-state index is -0.0844. The van der Waals surface area contributed by atoms with Crippen LogP contribution in [0.2, 0.25) is 0 Å². The van der Waals surface area contributed by atoms with Gasteiger partial charge in [0.05, 0.1) is 15.9 Å². The predicted molar refractivity (Wildman–Crippen MR) is 118 cm³/mol. The van der Waals surface area contributed by atoms with Crippen LogP contribution in [0.4, 0.5) is 0 Å². The number of hydrogen-bond acceptors (Lipinski definition) is 4. The van der Waals surface area contributed by atoms with Gasteiger partial charge in [-0.25, -0.2) is 0 Å². The minimum absolute atomic E-state index is 0. The molecule has 1 N–H and O–H groups in total. The molecule has 5 nitrogen and oxygen atoms in total. The lowest BCUT2D eigenvalue weighted by molar-refractivity contribution is -0.146. The highest BCUT2D eigenvalue weighted by Gasteiger charge is 2.26. The number of aliphatic imine (C=N–C) groups is 1. The lowest BCUT2D eigenvalue weighted by Crippen LogP contribution is -2.46.